The Bertz CT molecular complexity index is 777. The average Bonchev–Trinajstić information content (AvgIpc) is 2.90. The van der Waals surface area contributed by atoms with Crippen LogP contribution < -0.4 is 5.01 Å². The number of rotatable bonds is 1. The molecular weight excluding hydrogens is 272 g/mol. The van der Waals surface area contributed by atoms with Crippen LogP contribution in [0.3, 0.4) is 0 Å². The van der Waals surface area contributed by atoms with Gasteiger partial charge in [0.15, 0.2) is 0 Å². The second kappa shape index (κ2) is 4.60. The molecule has 22 heavy (non-hydrogen) atoms. The molecule has 1 aromatic heterocycles. The Balaban J connectivity index is 1.85. The highest BCUT2D eigenvalue weighted by Gasteiger charge is 2.50. The van der Waals surface area contributed by atoms with E-state index in [0.717, 1.165) is 5.82 Å². The third-order valence-corrected chi connectivity index (χ3v) is 4.49. The van der Waals surface area contributed by atoms with E-state index >= 15 is 0 Å². The lowest BCUT2D eigenvalue weighted by Gasteiger charge is -2.36. The summed E-state index contributed by atoms with van der Waals surface area (Å²) in [6.45, 7) is 2.66. The van der Waals surface area contributed by atoms with Gasteiger partial charge in [-0.3, -0.25) is 10.0 Å². The number of nitrogens with zero attached hydrogens (tertiary/aromatic N) is 4. The number of hydrogen-bond donors (Lipinski definition) is 0. The molecule has 2 aromatic rings. The molecular formula is C18H16N4. The van der Waals surface area contributed by atoms with Gasteiger partial charge in [0.1, 0.15) is 11.2 Å². The van der Waals surface area contributed by atoms with Crippen molar-refractivity contribution in [3.63, 3.8) is 0 Å². The molecule has 3 heterocycles. The molecule has 4 heteroatoms. The van der Waals surface area contributed by atoms with Gasteiger partial charge in [-0.1, -0.05) is 30.3 Å². The number of nitriles is 1. The molecule has 0 saturated carbocycles. The minimum absolute atomic E-state index is 0.0145. The van der Waals surface area contributed by atoms with Crippen LogP contribution >= 0.6 is 0 Å². The summed E-state index contributed by atoms with van der Waals surface area (Å²) in [5.41, 5.74) is 1.90. The fourth-order valence-electron chi connectivity index (χ4n) is 3.43. The third-order valence-electron chi connectivity index (χ3n) is 4.49. The van der Waals surface area contributed by atoms with Crippen molar-refractivity contribution >= 4 is 11.9 Å². The summed E-state index contributed by atoms with van der Waals surface area (Å²) in [6.07, 6.45) is 5.95. The minimum atomic E-state index is -0.488. The van der Waals surface area contributed by atoms with Crippen molar-refractivity contribution in [3.8, 4) is 6.07 Å². The van der Waals surface area contributed by atoms with Crippen LogP contribution in [0.25, 0.3) is 6.08 Å². The monoisotopic (exact) mass is 288 g/mol. The molecule has 1 saturated heterocycles. The summed E-state index contributed by atoms with van der Waals surface area (Å²) in [6, 6.07) is 16.7. The molecule has 0 bridgehead atoms. The molecule has 2 aliphatic rings. The summed E-state index contributed by atoms with van der Waals surface area (Å²) in [4.78, 5) is 4.45. The average molecular weight is 288 g/mol. The van der Waals surface area contributed by atoms with E-state index in [-0.39, 0.29) is 6.04 Å². The smallest absolute Gasteiger partial charge is 0.147 e. The number of fused-ring (bicyclic) bond motifs is 3. The lowest BCUT2D eigenvalue weighted by Crippen LogP contribution is -2.35. The third kappa shape index (κ3) is 1.72. The second-order valence-corrected chi connectivity index (χ2v) is 6.00. The highest BCUT2D eigenvalue weighted by atomic mass is 15.7. The maximum absolute atomic E-state index is 9.81. The van der Waals surface area contributed by atoms with Crippen LogP contribution in [0.2, 0.25) is 0 Å². The van der Waals surface area contributed by atoms with Crippen molar-refractivity contribution in [3.05, 3.63) is 66.0 Å². The van der Waals surface area contributed by atoms with Gasteiger partial charge in [0.2, 0.25) is 0 Å². The van der Waals surface area contributed by atoms with E-state index in [2.05, 4.69) is 45.5 Å². The topological polar surface area (TPSA) is 43.2 Å². The Morgan fingerprint density at radius 1 is 1.23 bits per heavy atom. The quantitative estimate of drug-likeness (QED) is 0.807. The summed E-state index contributed by atoms with van der Waals surface area (Å²) in [5.74, 6) is 0.871. The van der Waals surface area contributed by atoms with Crippen LogP contribution in [-0.4, -0.2) is 16.5 Å². The number of hydrazine groups is 1. The van der Waals surface area contributed by atoms with Crippen molar-refractivity contribution in [2.75, 3.05) is 11.6 Å². The molecule has 0 N–H and O–H groups in total. The van der Waals surface area contributed by atoms with Crippen molar-refractivity contribution in [1.29, 1.82) is 5.26 Å². The Kier molecular flexibility index (Phi) is 2.70. The zero-order valence-corrected chi connectivity index (χ0v) is 12.3. The largest absolute Gasteiger partial charge is 0.282 e. The minimum Gasteiger partial charge on any atom is -0.282 e. The Hall–Kier alpha value is -2.80. The fourth-order valence-corrected chi connectivity index (χ4v) is 3.43. The van der Waals surface area contributed by atoms with Gasteiger partial charge in [0.25, 0.3) is 0 Å². The molecule has 108 valence electrons. The Labute approximate surface area is 129 Å². The molecule has 0 amide bonds. The molecule has 2 atom stereocenters. The standard InChI is InChI=1S/C18H16N4/c1-18(12-19)13-22(16-8-4-5-10-20-16)21-11-9-14-6-2-3-7-15(14)17(18)21/h2-11,17H,13H2,1H3/t17-,18-/m1/s1. The van der Waals surface area contributed by atoms with Gasteiger partial charge < -0.3 is 0 Å². The van der Waals surface area contributed by atoms with Crippen molar-refractivity contribution < 1.29 is 0 Å². The molecule has 1 aromatic carbocycles. The summed E-state index contributed by atoms with van der Waals surface area (Å²) < 4.78 is 0. The van der Waals surface area contributed by atoms with E-state index < -0.39 is 5.41 Å². The number of anilines is 1. The van der Waals surface area contributed by atoms with Gasteiger partial charge in [0, 0.05) is 12.4 Å². The predicted octanol–water partition coefficient (Wildman–Crippen LogP) is 3.37. The molecule has 0 aliphatic carbocycles. The second-order valence-electron chi connectivity index (χ2n) is 6.00. The van der Waals surface area contributed by atoms with E-state index in [1.54, 1.807) is 6.20 Å². The zero-order valence-electron chi connectivity index (χ0n) is 12.3. The normalized spacial score (nSPS) is 25.5. The molecule has 1 fully saturated rings. The van der Waals surface area contributed by atoms with Gasteiger partial charge in [0.05, 0.1) is 18.7 Å². The van der Waals surface area contributed by atoms with E-state index in [4.69, 9.17) is 0 Å². The first-order valence-corrected chi connectivity index (χ1v) is 7.38. The van der Waals surface area contributed by atoms with E-state index in [1.807, 2.05) is 37.3 Å². The van der Waals surface area contributed by atoms with Crippen LogP contribution in [0.5, 0.6) is 0 Å². The van der Waals surface area contributed by atoms with Gasteiger partial charge in [-0.05, 0) is 36.3 Å². The highest BCUT2D eigenvalue weighted by molar-refractivity contribution is 5.60. The summed E-state index contributed by atoms with van der Waals surface area (Å²) in [5, 5.41) is 14.1. The van der Waals surface area contributed by atoms with Gasteiger partial charge in [-0.2, -0.15) is 5.26 Å². The van der Waals surface area contributed by atoms with Gasteiger partial charge >= 0.3 is 0 Å². The number of pyridine rings is 1. The van der Waals surface area contributed by atoms with Crippen molar-refractivity contribution in [2.45, 2.75) is 13.0 Å². The Morgan fingerprint density at radius 2 is 2.05 bits per heavy atom. The van der Waals surface area contributed by atoms with Crippen LogP contribution in [0.15, 0.2) is 54.9 Å². The first kappa shape index (κ1) is 12.9. The number of benzene rings is 1. The molecule has 4 nitrogen and oxygen atoms in total. The van der Waals surface area contributed by atoms with Crippen LogP contribution in [0.4, 0.5) is 5.82 Å². The lowest BCUT2D eigenvalue weighted by atomic mass is 9.79. The van der Waals surface area contributed by atoms with E-state index in [9.17, 15) is 5.26 Å². The highest BCUT2D eigenvalue weighted by Crippen LogP contribution is 2.49. The SMILES string of the molecule is C[C@@]1(C#N)CN(c2ccccn2)N2C=Cc3ccccc3[C@@H]21. The summed E-state index contributed by atoms with van der Waals surface area (Å²) >= 11 is 0. The van der Waals surface area contributed by atoms with Gasteiger partial charge in [-0.15, -0.1) is 0 Å². The number of aromatic nitrogens is 1. The first-order chi connectivity index (χ1) is 10.7. The van der Waals surface area contributed by atoms with Crippen molar-refractivity contribution in [2.24, 2.45) is 5.41 Å². The lowest BCUT2D eigenvalue weighted by molar-refractivity contribution is 0.261. The van der Waals surface area contributed by atoms with Crippen LogP contribution in [0, 0.1) is 16.7 Å². The predicted molar refractivity (Wildman–Crippen MR) is 85.4 cm³/mol. The van der Waals surface area contributed by atoms with E-state index in [0.29, 0.717) is 6.54 Å². The van der Waals surface area contributed by atoms with Crippen LogP contribution in [-0.2, 0) is 0 Å². The molecule has 0 radical (unpaired) electrons. The maximum Gasteiger partial charge on any atom is 0.147 e. The molecule has 4 rings (SSSR count). The maximum atomic E-state index is 9.81. The molecule has 2 aliphatic heterocycles. The Morgan fingerprint density at radius 3 is 2.82 bits per heavy atom. The molecule has 0 unspecified atom stereocenters. The molecule has 0 spiro atoms. The van der Waals surface area contributed by atoms with Crippen molar-refractivity contribution in [1.82, 2.24) is 9.99 Å². The zero-order chi connectivity index (χ0) is 15.2. The number of hydrogen-bond acceptors (Lipinski definition) is 4. The first-order valence-electron chi connectivity index (χ1n) is 7.38. The van der Waals surface area contributed by atoms with Gasteiger partial charge in [-0.25, -0.2) is 4.98 Å². The summed E-state index contributed by atoms with van der Waals surface area (Å²) in [7, 11) is 0. The van der Waals surface area contributed by atoms with E-state index in [1.165, 1.54) is 11.1 Å². The van der Waals surface area contributed by atoms with Crippen LogP contribution in [0.1, 0.15) is 24.1 Å². The fraction of sp³-hybridized carbons (Fsp3) is 0.222.